The molecule has 0 aliphatic carbocycles. The zero-order valence-electron chi connectivity index (χ0n) is 13.4. The van der Waals surface area contributed by atoms with Crippen molar-refractivity contribution in [2.24, 2.45) is 0 Å². The number of anilines is 2. The SMILES string of the molecule is N#Cc1ccc(NC(=O)C(=O)N2CCN(c3ncccn3)CC2)cc1. The Morgan fingerprint density at radius 3 is 2.28 bits per heavy atom. The summed E-state index contributed by atoms with van der Waals surface area (Å²) in [5, 5.41) is 11.3. The summed E-state index contributed by atoms with van der Waals surface area (Å²) in [6, 6.07) is 10.1. The quantitative estimate of drug-likeness (QED) is 0.807. The van der Waals surface area contributed by atoms with Crippen LogP contribution < -0.4 is 10.2 Å². The molecule has 0 saturated carbocycles. The molecule has 0 unspecified atom stereocenters. The lowest BCUT2D eigenvalue weighted by atomic mass is 10.2. The molecule has 1 N–H and O–H groups in total. The minimum Gasteiger partial charge on any atom is -0.337 e. The fourth-order valence-corrected chi connectivity index (χ4v) is 2.52. The first-order chi connectivity index (χ1) is 12.2. The molecule has 0 bridgehead atoms. The van der Waals surface area contributed by atoms with Crippen LogP contribution in [0.2, 0.25) is 0 Å². The van der Waals surface area contributed by atoms with Gasteiger partial charge in [-0.2, -0.15) is 5.26 Å². The van der Waals surface area contributed by atoms with Crippen molar-refractivity contribution >= 4 is 23.5 Å². The van der Waals surface area contributed by atoms with Gasteiger partial charge in [0.25, 0.3) is 0 Å². The summed E-state index contributed by atoms with van der Waals surface area (Å²) in [4.78, 5) is 36.3. The predicted molar refractivity (Wildman–Crippen MR) is 90.6 cm³/mol. The van der Waals surface area contributed by atoms with E-state index in [1.807, 2.05) is 11.0 Å². The normalized spacial score (nSPS) is 13.9. The third-order valence-corrected chi connectivity index (χ3v) is 3.87. The van der Waals surface area contributed by atoms with Gasteiger partial charge in [-0.15, -0.1) is 0 Å². The van der Waals surface area contributed by atoms with Crippen LogP contribution in [0.1, 0.15) is 5.56 Å². The van der Waals surface area contributed by atoms with E-state index in [0.29, 0.717) is 43.4 Å². The molecule has 1 aromatic carbocycles. The van der Waals surface area contributed by atoms with Crippen LogP contribution in [0.3, 0.4) is 0 Å². The molecule has 1 fully saturated rings. The molecule has 2 aromatic rings. The molecule has 2 amide bonds. The van der Waals surface area contributed by atoms with Crippen molar-refractivity contribution in [3.63, 3.8) is 0 Å². The minimum absolute atomic E-state index is 0.428. The first-order valence-corrected chi connectivity index (χ1v) is 7.80. The van der Waals surface area contributed by atoms with Gasteiger partial charge in [0.15, 0.2) is 0 Å². The molecule has 1 aliphatic heterocycles. The van der Waals surface area contributed by atoms with Gasteiger partial charge in [-0.05, 0) is 30.3 Å². The Balaban J connectivity index is 1.55. The standard InChI is InChI=1S/C17H16N6O2/c18-12-13-2-4-14(5-3-13)21-15(24)16(25)22-8-10-23(11-9-22)17-19-6-1-7-20-17/h1-7H,8-11H2,(H,21,24). The Bertz CT molecular complexity index is 792. The molecule has 126 valence electrons. The van der Waals surface area contributed by atoms with Crippen molar-refractivity contribution in [3.05, 3.63) is 48.3 Å². The molecule has 0 radical (unpaired) electrons. The van der Waals surface area contributed by atoms with E-state index in [4.69, 9.17) is 5.26 Å². The van der Waals surface area contributed by atoms with Crippen molar-refractivity contribution in [2.45, 2.75) is 0 Å². The van der Waals surface area contributed by atoms with Gasteiger partial charge in [0.05, 0.1) is 11.6 Å². The lowest BCUT2D eigenvalue weighted by molar-refractivity contribution is -0.143. The van der Waals surface area contributed by atoms with Gasteiger partial charge >= 0.3 is 11.8 Å². The number of hydrogen-bond donors (Lipinski definition) is 1. The van der Waals surface area contributed by atoms with Gasteiger partial charge in [-0.1, -0.05) is 0 Å². The van der Waals surface area contributed by atoms with Crippen molar-refractivity contribution in [2.75, 3.05) is 36.4 Å². The average Bonchev–Trinajstić information content (AvgIpc) is 2.69. The maximum atomic E-state index is 12.3. The Morgan fingerprint density at radius 1 is 1.04 bits per heavy atom. The zero-order chi connectivity index (χ0) is 17.6. The number of benzene rings is 1. The lowest BCUT2D eigenvalue weighted by Crippen LogP contribution is -2.52. The van der Waals surface area contributed by atoms with Crippen LogP contribution in [0.5, 0.6) is 0 Å². The molecule has 8 heteroatoms. The molecule has 1 aliphatic rings. The average molecular weight is 336 g/mol. The van der Waals surface area contributed by atoms with Gasteiger partial charge < -0.3 is 15.1 Å². The van der Waals surface area contributed by atoms with Gasteiger partial charge in [-0.3, -0.25) is 9.59 Å². The third-order valence-electron chi connectivity index (χ3n) is 3.87. The molecule has 1 aromatic heterocycles. The maximum Gasteiger partial charge on any atom is 0.313 e. The second-order valence-corrected chi connectivity index (χ2v) is 5.47. The van der Waals surface area contributed by atoms with E-state index in [1.165, 1.54) is 4.90 Å². The lowest BCUT2D eigenvalue weighted by Gasteiger charge is -2.34. The Kier molecular flexibility index (Phi) is 4.85. The van der Waals surface area contributed by atoms with Crippen LogP contribution in [0.15, 0.2) is 42.7 Å². The first kappa shape index (κ1) is 16.4. The van der Waals surface area contributed by atoms with Crippen molar-refractivity contribution in [1.29, 1.82) is 5.26 Å². The van der Waals surface area contributed by atoms with Crippen molar-refractivity contribution < 1.29 is 9.59 Å². The highest BCUT2D eigenvalue weighted by atomic mass is 16.2. The molecule has 8 nitrogen and oxygen atoms in total. The van der Waals surface area contributed by atoms with Gasteiger partial charge in [0.1, 0.15) is 0 Å². The number of amides is 2. The number of nitrogens with zero attached hydrogens (tertiary/aromatic N) is 5. The summed E-state index contributed by atoms with van der Waals surface area (Å²) in [6.45, 7) is 2.00. The highest BCUT2D eigenvalue weighted by molar-refractivity contribution is 6.39. The Labute approximate surface area is 144 Å². The topological polar surface area (TPSA) is 102 Å². The second-order valence-electron chi connectivity index (χ2n) is 5.47. The predicted octanol–water partition coefficient (Wildman–Crippen LogP) is 0.636. The number of nitrogens with one attached hydrogen (secondary N) is 1. The van der Waals surface area contributed by atoms with E-state index >= 15 is 0 Å². The van der Waals surface area contributed by atoms with E-state index in [2.05, 4.69) is 15.3 Å². The molecular formula is C17H16N6O2. The van der Waals surface area contributed by atoms with Crippen LogP contribution in [-0.2, 0) is 9.59 Å². The zero-order valence-corrected chi connectivity index (χ0v) is 13.4. The summed E-state index contributed by atoms with van der Waals surface area (Å²) >= 11 is 0. The van der Waals surface area contributed by atoms with Crippen LogP contribution in [-0.4, -0.2) is 52.9 Å². The smallest absolute Gasteiger partial charge is 0.313 e. The highest BCUT2D eigenvalue weighted by Crippen LogP contribution is 2.12. The van der Waals surface area contributed by atoms with Crippen LogP contribution >= 0.6 is 0 Å². The minimum atomic E-state index is -0.686. The van der Waals surface area contributed by atoms with Gasteiger partial charge in [-0.25, -0.2) is 9.97 Å². The van der Waals surface area contributed by atoms with Crippen molar-refractivity contribution in [1.82, 2.24) is 14.9 Å². The molecule has 3 rings (SSSR count). The number of aromatic nitrogens is 2. The van der Waals surface area contributed by atoms with Crippen LogP contribution in [0, 0.1) is 11.3 Å². The summed E-state index contributed by atoms with van der Waals surface area (Å²) in [5.41, 5.74) is 0.970. The van der Waals surface area contributed by atoms with Crippen molar-refractivity contribution in [3.8, 4) is 6.07 Å². The van der Waals surface area contributed by atoms with E-state index in [1.54, 1.807) is 42.7 Å². The fourth-order valence-electron chi connectivity index (χ4n) is 2.52. The van der Waals surface area contributed by atoms with E-state index in [9.17, 15) is 9.59 Å². The molecule has 1 saturated heterocycles. The molecule has 25 heavy (non-hydrogen) atoms. The third kappa shape index (κ3) is 3.90. The maximum absolute atomic E-state index is 12.3. The van der Waals surface area contributed by atoms with Gasteiger partial charge in [0.2, 0.25) is 5.95 Å². The monoisotopic (exact) mass is 336 g/mol. The fraction of sp³-hybridized carbons (Fsp3) is 0.235. The van der Waals surface area contributed by atoms with E-state index in [0.717, 1.165) is 0 Å². The number of nitriles is 1. The summed E-state index contributed by atoms with van der Waals surface area (Å²) < 4.78 is 0. The number of rotatable bonds is 2. The van der Waals surface area contributed by atoms with E-state index < -0.39 is 11.8 Å². The van der Waals surface area contributed by atoms with Gasteiger partial charge in [0, 0.05) is 44.3 Å². The number of carbonyl (C=O) groups is 2. The van der Waals surface area contributed by atoms with Crippen LogP contribution in [0.25, 0.3) is 0 Å². The summed E-state index contributed by atoms with van der Waals surface area (Å²) in [7, 11) is 0. The van der Waals surface area contributed by atoms with Crippen LogP contribution in [0.4, 0.5) is 11.6 Å². The molecule has 0 spiro atoms. The second kappa shape index (κ2) is 7.40. The highest BCUT2D eigenvalue weighted by Gasteiger charge is 2.26. The van der Waals surface area contributed by atoms with E-state index in [-0.39, 0.29) is 0 Å². The number of hydrogen-bond acceptors (Lipinski definition) is 6. The number of carbonyl (C=O) groups excluding carboxylic acids is 2. The summed E-state index contributed by atoms with van der Waals surface area (Å²) in [6.07, 6.45) is 3.34. The first-order valence-electron chi connectivity index (χ1n) is 7.80. The molecule has 2 heterocycles. The molecular weight excluding hydrogens is 320 g/mol. The largest absolute Gasteiger partial charge is 0.337 e. The summed E-state index contributed by atoms with van der Waals surface area (Å²) in [5.74, 6) is -0.635. The number of piperazine rings is 1. The Hall–Kier alpha value is -3.47. The Morgan fingerprint density at radius 2 is 1.68 bits per heavy atom. The molecule has 0 atom stereocenters.